The van der Waals surface area contributed by atoms with Gasteiger partial charge in [-0.1, -0.05) is 12.8 Å². The molecule has 2 aliphatic heterocycles. The largest absolute Gasteiger partial charge is 0.414 e. The number of nitrogens with zero attached hydrogens (tertiary/aromatic N) is 4. The Morgan fingerprint density at radius 1 is 1.17 bits per heavy atom. The fourth-order valence-electron chi connectivity index (χ4n) is 6.25. The molecule has 5 rings (SSSR count). The highest BCUT2D eigenvalue weighted by Gasteiger charge is 2.59. The number of halogens is 1. The van der Waals surface area contributed by atoms with Crippen LogP contribution in [0.25, 0.3) is 11.0 Å². The number of hydrogen-bond acceptors (Lipinski definition) is 15. The second-order valence-electron chi connectivity index (χ2n) is 12.0. The number of nitrogens with one attached hydrogen (secondary N) is 2. The summed E-state index contributed by atoms with van der Waals surface area (Å²) in [6.45, 7) is 5.90. The summed E-state index contributed by atoms with van der Waals surface area (Å²) in [6, 6.07) is 0.0236. The summed E-state index contributed by atoms with van der Waals surface area (Å²) in [5, 5.41) is 14.8. The molecule has 2 saturated heterocycles. The molecule has 2 aromatic heterocycles. The molecule has 0 aromatic carbocycles. The zero-order valence-electron chi connectivity index (χ0n) is 27.4. The molecule has 3 N–H and O–H groups in total. The number of rotatable bonds is 15. The van der Waals surface area contributed by atoms with Crippen LogP contribution in [-0.4, -0.2) is 106 Å². The molecular formula is C28H42ClN6O12P. The quantitative estimate of drug-likeness (QED) is 0.104. The molecule has 0 spiro atoms. The molecule has 3 aliphatic rings. The summed E-state index contributed by atoms with van der Waals surface area (Å²) in [7, 11) is -2.89. The van der Waals surface area contributed by atoms with Crippen molar-refractivity contribution in [3.05, 3.63) is 11.5 Å². The van der Waals surface area contributed by atoms with Crippen molar-refractivity contribution in [1.82, 2.24) is 30.5 Å². The van der Waals surface area contributed by atoms with Crippen molar-refractivity contribution in [1.29, 1.82) is 0 Å². The third kappa shape index (κ3) is 7.62. The molecule has 4 heterocycles. The maximum Gasteiger partial charge on any atom is 0.414 e. The van der Waals surface area contributed by atoms with Gasteiger partial charge in [0.1, 0.15) is 23.7 Å². The number of hydroxylamine groups is 1. The Morgan fingerprint density at radius 2 is 1.85 bits per heavy atom. The van der Waals surface area contributed by atoms with Gasteiger partial charge < -0.3 is 42.8 Å². The summed E-state index contributed by atoms with van der Waals surface area (Å²) in [5.74, 6) is -2.05. The lowest BCUT2D eigenvalue weighted by molar-refractivity contribution is -0.207. The van der Waals surface area contributed by atoms with E-state index in [2.05, 4.69) is 20.4 Å². The van der Waals surface area contributed by atoms with Gasteiger partial charge in [-0.15, -0.1) is 0 Å². The molecule has 2 amide bonds. The lowest BCUT2D eigenvalue weighted by Gasteiger charge is -2.38. The molecule has 20 heteroatoms. The van der Waals surface area contributed by atoms with Gasteiger partial charge in [0.2, 0.25) is 22.4 Å². The Hall–Kier alpha value is -2.51. The van der Waals surface area contributed by atoms with Gasteiger partial charge in [0, 0.05) is 13.2 Å². The first-order valence-corrected chi connectivity index (χ1v) is 17.7. The molecule has 1 unspecified atom stereocenters. The van der Waals surface area contributed by atoms with Gasteiger partial charge in [-0.25, -0.2) is 15.0 Å². The van der Waals surface area contributed by atoms with Crippen molar-refractivity contribution in [2.24, 2.45) is 0 Å². The second kappa shape index (κ2) is 15.2. The fourth-order valence-corrected chi connectivity index (χ4v) is 8.49. The van der Waals surface area contributed by atoms with Gasteiger partial charge in [0.15, 0.2) is 17.7 Å². The first-order chi connectivity index (χ1) is 22.9. The predicted octanol–water partition coefficient (Wildman–Crippen LogP) is 3.45. The van der Waals surface area contributed by atoms with E-state index in [1.807, 2.05) is 0 Å². The molecule has 3 fully saturated rings. The Morgan fingerprint density at radius 3 is 2.50 bits per heavy atom. The normalized spacial score (nSPS) is 25.2. The lowest BCUT2D eigenvalue weighted by atomic mass is 10.1. The van der Waals surface area contributed by atoms with E-state index in [9.17, 15) is 19.4 Å². The summed E-state index contributed by atoms with van der Waals surface area (Å²) in [4.78, 5) is 33.6. The Labute approximate surface area is 281 Å². The van der Waals surface area contributed by atoms with Gasteiger partial charge >= 0.3 is 13.7 Å². The Bertz CT molecular complexity index is 1500. The van der Waals surface area contributed by atoms with E-state index in [0.717, 1.165) is 25.7 Å². The fraction of sp³-hybridized carbons (Fsp3) is 0.750. The third-order valence-corrected chi connectivity index (χ3v) is 10.9. The number of fused-ring (bicyclic) bond motifs is 2. The van der Waals surface area contributed by atoms with Crippen LogP contribution in [0.5, 0.6) is 5.88 Å². The van der Waals surface area contributed by atoms with E-state index in [0.29, 0.717) is 5.39 Å². The van der Waals surface area contributed by atoms with Crippen LogP contribution >= 0.6 is 19.2 Å². The van der Waals surface area contributed by atoms with E-state index in [4.69, 9.17) is 49.1 Å². The number of methoxy groups -OCH3 is 1. The van der Waals surface area contributed by atoms with E-state index in [-0.39, 0.29) is 42.7 Å². The predicted molar refractivity (Wildman–Crippen MR) is 165 cm³/mol. The summed E-state index contributed by atoms with van der Waals surface area (Å²) in [5.41, 5.74) is 1.74. The van der Waals surface area contributed by atoms with Gasteiger partial charge in [-0.3, -0.25) is 14.6 Å². The molecule has 0 bridgehead atoms. The standard InChI is InChI=1S/C28H42ClN6O12P/c1-6-42-48(39,43-7-2)28(15-40-5,12-19(36)34-38)41-14-18-20-21(47-27(3,4)46-20)24(44-18)35-22-17(13-30-35)23(33-25(29)32-22)45-26(37)31-16-10-8-9-11-16/h13,16,18,20-21,24,38H,6-12,14-15H2,1-5H3,(H,31,37)(H,34,36)/t18-,20-,21-,24-,28?/m1/s1. The number of ether oxygens (including phenoxy) is 6. The number of hydrogen-bond donors (Lipinski definition) is 3. The third-order valence-electron chi connectivity index (χ3n) is 8.17. The Kier molecular flexibility index (Phi) is 11.6. The minimum atomic E-state index is -4.23. The van der Waals surface area contributed by atoms with Crippen LogP contribution in [0.1, 0.15) is 66.0 Å². The highest BCUT2D eigenvalue weighted by atomic mass is 35.5. The molecule has 268 valence electrons. The molecular weight excluding hydrogens is 679 g/mol. The van der Waals surface area contributed by atoms with Gasteiger partial charge in [-0.2, -0.15) is 15.1 Å². The monoisotopic (exact) mass is 720 g/mol. The first-order valence-electron chi connectivity index (χ1n) is 15.7. The number of carbonyl (C=O) groups excluding carboxylic acids is 2. The van der Waals surface area contributed by atoms with Gasteiger partial charge in [-0.05, 0) is 52.1 Å². The molecule has 2 aromatic rings. The summed E-state index contributed by atoms with van der Waals surface area (Å²) >= 11 is 6.27. The van der Waals surface area contributed by atoms with Crippen LogP contribution in [-0.2, 0) is 42.1 Å². The number of carbonyl (C=O) groups is 2. The van der Waals surface area contributed by atoms with Crippen molar-refractivity contribution >= 4 is 42.2 Å². The molecule has 1 aliphatic carbocycles. The second-order valence-corrected chi connectivity index (χ2v) is 14.7. The van der Waals surface area contributed by atoms with Crippen molar-refractivity contribution in [2.45, 2.75) is 102 Å². The molecule has 0 radical (unpaired) electrons. The molecule has 18 nitrogen and oxygen atoms in total. The van der Waals surface area contributed by atoms with E-state index in [1.165, 1.54) is 23.5 Å². The maximum absolute atomic E-state index is 14.2. The SMILES string of the molecule is CCOP(=O)(OCC)C(COC)(CC(=O)NO)OC[C@H]1O[C@@H](n2ncc3c(OC(=O)NC4CCCC4)nc(Cl)nc32)[C@@H]2OC(C)(C)O[C@@H]21. The molecule has 1 saturated carbocycles. The van der Waals surface area contributed by atoms with Crippen LogP contribution < -0.4 is 15.5 Å². The average molecular weight is 721 g/mol. The first kappa shape index (κ1) is 36.8. The van der Waals surface area contributed by atoms with Crippen LogP contribution in [0, 0.1) is 0 Å². The van der Waals surface area contributed by atoms with Gasteiger partial charge in [0.05, 0.1) is 39.0 Å². The van der Waals surface area contributed by atoms with E-state index < -0.39 is 68.3 Å². The smallest absolute Gasteiger partial charge is 0.390 e. The van der Waals surface area contributed by atoms with Gasteiger partial charge in [0.25, 0.3) is 0 Å². The number of aromatic nitrogens is 4. The van der Waals surface area contributed by atoms with Crippen molar-refractivity contribution in [3.63, 3.8) is 0 Å². The lowest BCUT2D eigenvalue weighted by Crippen LogP contribution is -2.46. The van der Waals surface area contributed by atoms with Crippen LogP contribution in [0.15, 0.2) is 6.20 Å². The summed E-state index contributed by atoms with van der Waals surface area (Å²) < 4.78 is 62.7. The van der Waals surface area contributed by atoms with Crippen molar-refractivity contribution in [2.75, 3.05) is 33.5 Å². The highest BCUT2D eigenvalue weighted by molar-refractivity contribution is 7.55. The molecule has 5 atom stereocenters. The highest BCUT2D eigenvalue weighted by Crippen LogP contribution is 2.62. The molecule has 48 heavy (non-hydrogen) atoms. The summed E-state index contributed by atoms with van der Waals surface area (Å²) in [6.07, 6.45) is 0.550. The van der Waals surface area contributed by atoms with Crippen LogP contribution in [0.4, 0.5) is 4.79 Å². The van der Waals surface area contributed by atoms with Crippen LogP contribution in [0.3, 0.4) is 0 Å². The van der Waals surface area contributed by atoms with E-state index in [1.54, 1.807) is 27.7 Å². The maximum atomic E-state index is 14.2. The Balaban J connectivity index is 1.44. The van der Waals surface area contributed by atoms with E-state index >= 15 is 0 Å². The minimum Gasteiger partial charge on any atom is -0.390 e. The van der Waals surface area contributed by atoms with Crippen molar-refractivity contribution < 1.29 is 56.8 Å². The zero-order chi connectivity index (χ0) is 34.7. The number of amides is 2. The minimum absolute atomic E-state index is 0.0236. The van der Waals surface area contributed by atoms with Crippen molar-refractivity contribution in [3.8, 4) is 5.88 Å². The zero-order valence-corrected chi connectivity index (χ0v) is 29.0. The topological polar surface area (TPSA) is 213 Å². The van der Waals surface area contributed by atoms with Crippen LogP contribution in [0.2, 0.25) is 5.28 Å². The average Bonchev–Trinajstić information content (AvgIpc) is 3.81.